The van der Waals surface area contributed by atoms with Crippen molar-refractivity contribution in [2.45, 2.75) is 39.7 Å². The minimum atomic E-state index is -0.512. The molecule has 0 atom stereocenters. The van der Waals surface area contributed by atoms with Gasteiger partial charge in [-0.1, -0.05) is 56.3 Å². The molecule has 0 spiro atoms. The average Bonchev–Trinajstić information content (AvgIpc) is 3.28. The van der Waals surface area contributed by atoms with Crippen molar-refractivity contribution in [1.29, 1.82) is 0 Å². The van der Waals surface area contributed by atoms with Crippen molar-refractivity contribution in [3.63, 3.8) is 0 Å². The van der Waals surface area contributed by atoms with Crippen molar-refractivity contribution in [1.82, 2.24) is 5.32 Å². The fourth-order valence-corrected chi connectivity index (χ4v) is 3.36. The maximum Gasteiger partial charge on any atom is 0.332 e. The van der Waals surface area contributed by atoms with E-state index in [1.165, 1.54) is 17.2 Å². The maximum absolute atomic E-state index is 12.3. The summed E-state index contributed by atoms with van der Waals surface area (Å²) in [5, 5.41) is 2.59. The molecule has 6 heteroatoms. The van der Waals surface area contributed by atoms with Crippen LogP contribution in [0.25, 0.3) is 0 Å². The van der Waals surface area contributed by atoms with E-state index in [-0.39, 0.29) is 24.4 Å². The van der Waals surface area contributed by atoms with Gasteiger partial charge in [-0.3, -0.25) is 4.79 Å². The fraction of sp³-hybridized carbons (Fsp3) is 0.259. The first-order valence-electron chi connectivity index (χ1n) is 10.8. The van der Waals surface area contributed by atoms with Gasteiger partial charge >= 0.3 is 5.97 Å². The highest BCUT2D eigenvalue weighted by Crippen LogP contribution is 2.32. The molecule has 3 aromatic rings. The highest BCUT2D eigenvalue weighted by Gasteiger charge is 2.22. The molecule has 1 amide bonds. The van der Waals surface area contributed by atoms with Gasteiger partial charge in [0, 0.05) is 17.2 Å². The number of nitrogens with one attached hydrogen (secondary N) is 1. The Bertz CT molecular complexity index is 1110. The Morgan fingerprint density at radius 1 is 0.970 bits per heavy atom. The van der Waals surface area contributed by atoms with Crippen molar-refractivity contribution in [3.8, 4) is 5.75 Å². The Balaban J connectivity index is 1.57. The molecule has 172 valence electrons. The van der Waals surface area contributed by atoms with Crippen LogP contribution in [0.2, 0.25) is 0 Å². The molecule has 0 aliphatic rings. The lowest BCUT2D eigenvalue weighted by molar-refractivity contribution is -0.137. The molecule has 0 saturated carbocycles. The number of carbonyl (C=O) groups excluding carboxylic acids is 2. The molecule has 3 rings (SSSR count). The lowest BCUT2D eigenvalue weighted by atomic mass is 9.78. The normalized spacial score (nSPS) is 11.7. The van der Waals surface area contributed by atoms with Crippen LogP contribution in [0, 0.1) is 0 Å². The summed E-state index contributed by atoms with van der Waals surface area (Å²) in [6.07, 6.45) is 1.22. The van der Waals surface area contributed by atoms with Gasteiger partial charge in [-0.25, -0.2) is 4.79 Å². The van der Waals surface area contributed by atoms with Gasteiger partial charge in [0.1, 0.15) is 18.1 Å². The van der Waals surface area contributed by atoms with Gasteiger partial charge in [0.25, 0.3) is 5.91 Å². The zero-order valence-corrected chi connectivity index (χ0v) is 19.4. The van der Waals surface area contributed by atoms with Gasteiger partial charge < -0.3 is 19.2 Å². The van der Waals surface area contributed by atoms with Crippen molar-refractivity contribution < 1.29 is 23.5 Å². The number of benzene rings is 2. The highest BCUT2D eigenvalue weighted by molar-refractivity contribution is 5.93. The molecule has 6 nitrogen and oxygen atoms in total. The number of hydrogen-bond donors (Lipinski definition) is 1. The summed E-state index contributed by atoms with van der Waals surface area (Å²) < 4.78 is 16.2. The van der Waals surface area contributed by atoms with E-state index in [9.17, 15) is 9.59 Å². The fourth-order valence-electron chi connectivity index (χ4n) is 3.36. The predicted molar refractivity (Wildman–Crippen MR) is 126 cm³/mol. The highest BCUT2D eigenvalue weighted by atomic mass is 16.5. The molecular formula is C27H29NO5. The first-order valence-corrected chi connectivity index (χ1v) is 10.8. The van der Waals surface area contributed by atoms with E-state index >= 15 is 0 Å². The Hall–Kier alpha value is -3.80. The topological polar surface area (TPSA) is 77.8 Å². The molecule has 0 radical (unpaired) electrons. The Morgan fingerprint density at radius 2 is 1.64 bits per heavy atom. The van der Waals surface area contributed by atoms with E-state index in [0.29, 0.717) is 17.2 Å². The zero-order valence-electron chi connectivity index (χ0n) is 19.4. The minimum Gasteiger partial charge on any atom is -0.486 e. The van der Waals surface area contributed by atoms with Crippen molar-refractivity contribution in [3.05, 3.63) is 101 Å². The smallest absolute Gasteiger partial charge is 0.332 e. The largest absolute Gasteiger partial charge is 0.486 e. The quantitative estimate of drug-likeness (QED) is 0.352. The molecule has 0 aliphatic heterocycles. The molecule has 2 aromatic carbocycles. The molecule has 0 saturated heterocycles. The Labute approximate surface area is 194 Å². The third kappa shape index (κ3) is 6.35. The molecule has 0 unspecified atom stereocenters. The third-order valence-electron chi connectivity index (χ3n) is 5.27. The molecule has 0 bridgehead atoms. The molecule has 1 N–H and O–H groups in total. The van der Waals surface area contributed by atoms with E-state index in [1.807, 2.05) is 30.3 Å². The van der Waals surface area contributed by atoms with Crippen LogP contribution in [0.5, 0.6) is 5.75 Å². The van der Waals surface area contributed by atoms with Gasteiger partial charge in [0.2, 0.25) is 0 Å². The van der Waals surface area contributed by atoms with Gasteiger partial charge in [0.05, 0.1) is 6.61 Å². The lowest BCUT2D eigenvalue weighted by Gasteiger charge is -2.26. The molecule has 1 heterocycles. The summed E-state index contributed by atoms with van der Waals surface area (Å²) in [5.41, 5.74) is 2.67. The van der Waals surface area contributed by atoms with E-state index in [4.69, 9.17) is 13.9 Å². The van der Waals surface area contributed by atoms with Crippen LogP contribution in [0.15, 0.2) is 82.9 Å². The van der Waals surface area contributed by atoms with Gasteiger partial charge in [-0.05, 0) is 49.2 Å². The first-order chi connectivity index (χ1) is 15.8. The van der Waals surface area contributed by atoms with Crippen LogP contribution in [0.4, 0.5) is 0 Å². The average molecular weight is 448 g/mol. The number of rotatable bonds is 9. The number of esters is 1. The van der Waals surface area contributed by atoms with Gasteiger partial charge in [-0.15, -0.1) is 0 Å². The standard InChI is InChI=1S/C27H29NO5/c1-5-31-25(29)17-19(2)28-26(30)24-16-15-23(33-24)18-32-22-13-11-21(12-14-22)27(3,4)20-9-7-6-8-10-20/h6-17H,5,18H2,1-4H3,(H,28,30)/b19-17+. The Morgan fingerprint density at radius 3 is 2.30 bits per heavy atom. The number of ether oxygens (including phenoxy) is 2. The summed E-state index contributed by atoms with van der Waals surface area (Å²) in [5.74, 6) is 0.387. The molecule has 1 aromatic heterocycles. The summed E-state index contributed by atoms with van der Waals surface area (Å²) in [7, 11) is 0. The van der Waals surface area contributed by atoms with Crippen LogP contribution in [-0.4, -0.2) is 18.5 Å². The second-order valence-electron chi connectivity index (χ2n) is 8.10. The second kappa shape index (κ2) is 10.7. The Kier molecular flexibility index (Phi) is 7.72. The van der Waals surface area contributed by atoms with E-state index < -0.39 is 11.9 Å². The monoisotopic (exact) mass is 447 g/mol. The van der Waals surface area contributed by atoms with Gasteiger partial charge in [0.15, 0.2) is 5.76 Å². The van der Waals surface area contributed by atoms with E-state index in [0.717, 1.165) is 0 Å². The molecular weight excluding hydrogens is 418 g/mol. The minimum absolute atomic E-state index is 0.122. The van der Waals surface area contributed by atoms with Crippen molar-refractivity contribution >= 4 is 11.9 Å². The van der Waals surface area contributed by atoms with Gasteiger partial charge in [-0.2, -0.15) is 0 Å². The van der Waals surface area contributed by atoms with Crippen LogP contribution in [-0.2, 0) is 21.6 Å². The number of allylic oxidation sites excluding steroid dienone is 1. The number of amides is 1. The molecule has 0 fully saturated rings. The summed E-state index contributed by atoms with van der Waals surface area (Å²) >= 11 is 0. The van der Waals surface area contributed by atoms with E-state index in [2.05, 4.69) is 43.4 Å². The summed E-state index contributed by atoms with van der Waals surface area (Å²) in [4.78, 5) is 23.7. The van der Waals surface area contributed by atoms with Crippen LogP contribution in [0.1, 0.15) is 55.1 Å². The number of hydrogen-bond acceptors (Lipinski definition) is 5. The summed E-state index contributed by atoms with van der Waals surface area (Å²) in [6.45, 7) is 8.16. The first kappa shape index (κ1) is 23.9. The van der Waals surface area contributed by atoms with Crippen LogP contribution >= 0.6 is 0 Å². The molecule has 0 aliphatic carbocycles. The van der Waals surface area contributed by atoms with Crippen molar-refractivity contribution in [2.24, 2.45) is 0 Å². The van der Waals surface area contributed by atoms with Crippen molar-refractivity contribution in [2.75, 3.05) is 6.61 Å². The van der Waals surface area contributed by atoms with Crippen LogP contribution < -0.4 is 10.1 Å². The molecule has 33 heavy (non-hydrogen) atoms. The maximum atomic E-state index is 12.3. The lowest BCUT2D eigenvalue weighted by Crippen LogP contribution is -2.21. The zero-order chi connectivity index (χ0) is 23.8. The predicted octanol–water partition coefficient (Wildman–Crippen LogP) is 5.38. The SMILES string of the molecule is CCOC(=O)/C=C(\C)NC(=O)c1ccc(COc2ccc(C(C)(C)c3ccccc3)cc2)o1. The van der Waals surface area contributed by atoms with Crippen LogP contribution in [0.3, 0.4) is 0 Å². The van der Waals surface area contributed by atoms with E-state index in [1.54, 1.807) is 26.0 Å². The number of furan rings is 1. The number of carbonyl (C=O) groups is 2. The summed E-state index contributed by atoms with van der Waals surface area (Å²) in [6, 6.07) is 21.6. The second-order valence-corrected chi connectivity index (χ2v) is 8.10. The third-order valence-corrected chi connectivity index (χ3v) is 5.27.